The summed E-state index contributed by atoms with van der Waals surface area (Å²) in [6.45, 7) is 0.223. The Balaban J connectivity index is 1.85. The van der Waals surface area contributed by atoms with E-state index in [-0.39, 0.29) is 36.1 Å². The molecule has 30 heavy (non-hydrogen) atoms. The smallest absolute Gasteiger partial charge is 0.365 e. The van der Waals surface area contributed by atoms with Gasteiger partial charge in [0.25, 0.3) is 10.2 Å². The fourth-order valence-electron chi connectivity index (χ4n) is 2.41. The predicted molar refractivity (Wildman–Crippen MR) is 94.6 cm³/mol. The van der Waals surface area contributed by atoms with Crippen molar-refractivity contribution in [2.75, 3.05) is 18.4 Å². The predicted octanol–water partition coefficient (Wildman–Crippen LogP) is 0.489. The molecule has 0 radical (unpaired) electrons. The molecule has 0 fully saturated rings. The molecule has 0 saturated heterocycles. The molecule has 162 valence electrons. The first kappa shape index (κ1) is 21.5. The van der Waals surface area contributed by atoms with E-state index in [0.29, 0.717) is 6.42 Å². The van der Waals surface area contributed by atoms with Crippen LogP contribution in [0.4, 0.5) is 19.0 Å². The second-order valence-corrected chi connectivity index (χ2v) is 7.22. The van der Waals surface area contributed by atoms with Crippen LogP contribution in [0, 0.1) is 0 Å². The number of hydrogen-bond donors (Lipinski definition) is 3. The van der Waals surface area contributed by atoms with Crippen LogP contribution in [0.3, 0.4) is 0 Å². The normalized spacial score (nSPS) is 12.3. The lowest BCUT2D eigenvalue weighted by molar-refractivity contribution is -0.137. The van der Waals surface area contributed by atoms with Gasteiger partial charge in [0.05, 0.1) is 11.3 Å². The number of nitrogens with two attached hydrogens (primary N) is 1. The molecular weight excluding hydrogens is 435 g/mol. The summed E-state index contributed by atoms with van der Waals surface area (Å²) in [5, 5.41) is 18.3. The highest BCUT2D eigenvalue weighted by molar-refractivity contribution is 7.87. The van der Waals surface area contributed by atoms with Gasteiger partial charge in [0.1, 0.15) is 0 Å². The third-order valence-corrected chi connectivity index (χ3v) is 4.29. The Morgan fingerprint density at radius 2 is 1.93 bits per heavy atom. The van der Waals surface area contributed by atoms with Crippen LogP contribution in [0.1, 0.15) is 12.0 Å². The topological polar surface area (TPSA) is 171 Å². The van der Waals surface area contributed by atoms with Crippen LogP contribution in [0.15, 0.2) is 38.2 Å². The Bertz CT molecular complexity index is 1180. The SMILES string of the molecule is NS(=O)(=O)NCCCNc1nonc1-c1noc(=O)n1-c1cccc(C(F)(F)F)c1. The van der Waals surface area contributed by atoms with E-state index in [2.05, 4.69) is 34.7 Å². The first-order valence-electron chi connectivity index (χ1n) is 8.17. The molecule has 4 N–H and O–H groups in total. The van der Waals surface area contributed by atoms with Gasteiger partial charge < -0.3 is 5.32 Å². The van der Waals surface area contributed by atoms with Crippen LogP contribution in [0.25, 0.3) is 17.2 Å². The van der Waals surface area contributed by atoms with E-state index in [0.717, 1.165) is 22.8 Å². The number of benzene rings is 1. The molecule has 12 nitrogen and oxygen atoms in total. The molecule has 0 aliphatic carbocycles. The Hall–Kier alpha value is -3.24. The Morgan fingerprint density at radius 3 is 2.63 bits per heavy atom. The summed E-state index contributed by atoms with van der Waals surface area (Å²) in [5.74, 6) is -1.28. The molecule has 0 aliphatic heterocycles. The maximum atomic E-state index is 13.0. The minimum Gasteiger partial charge on any atom is -0.365 e. The van der Waals surface area contributed by atoms with Crippen molar-refractivity contribution in [1.29, 1.82) is 0 Å². The first-order chi connectivity index (χ1) is 14.1. The minimum absolute atomic E-state index is 0.0135. The maximum absolute atomic E-state index is 13.0. The largest absolute Gasteiger partial charge is 0.446 e. The Labute approximate surface area is 166 Å². The van der Waals surface area contributed by atoms with Crippen molar-refractivity contribution in [1.82, 2.24) is 24.8 Å². The van der Waals surface area contributed by atoms with E-state index >= 15 is 0 Å². The third-order valence-electron chi connectivity index (χ3n) is 3.69. The molecule has 0 atom stereocenters. The summed E-state index contributed by atoms with van der Waals surface area (Å²) in [6, 6.07) is 3.99. The monoisotopic (exact) mass is 449 g/mol. The highest BCUT2D eigenvalue weighted by Gasteiger charge is 2.31. The van der Waals surface area contributed by atoms with Gasteiger partial charge in [-0.3, -0.25) is 4.52 Å². The lowest BCUT2D eigenvalue weighted by Crippen LogP contribution is -2.32. The Kier molecular flexibility index (Phi) is 5.90. The molecule has 1 aromatic carbocycles. The van der Waals surface area contributed by atoms with Crippen LogP contribution >= 0.6 is 0 Å². The molecule has 2 aromatic heterocycles. The zero-order valence-corrected chi connectivity index (χ0v) is 15.7. The number of rotatable bonds is 8. The van der Waals surface area contributed by atoms with E-state index in [1.807, 2.05) is 0 Å². The number of nitrogens with one attached hydrogen (secondary N) is 2. The summed E-state index contributed by atoms with van der Waals surface area (Å²) in [7, 11) is -3.82. The minimum atomic E-state index is -4.62. The van der Waals surface area contributed by atoms with Crippen molar-refractivity contribution in [3.63, 3.8) is 0 Å². The molecule has 16 heteroatoms. The molecule has 3 rings (SSSR count). The van der Waals surface area contributed by atoms with Crippen molar-refractivity contribution >= 4 is 16.0 Å². The van der Waals surface area contributed by atoms with Crippen molar-refractivity contribution in [2.45, 2.75) is 12.6 Å². The fraction of sp³-hybridized carbons (Fsp3) is 0.286. The van der Waals surface area contributed by atoms with Crippen molar-refractivity contribution < 1.29 is 30.7 Å². The van der Waals surface area contributed by atoms with Gasteiger partial charge in [0.15, 0.2) is 5.69 Å². The molecule has 0 bridgehead atoms. The standard InChI is InChI=1S/C14H14F3N7O5S/c15-14(16,17)8-3-1-4-9(7-8)24-12(23-28-13(24)25)10-11(22-29-21-10)19-5-2-6-20-30(18,26)27/h1,3-4,7,20H,2,5-6H2,(H,19,22)(H2,18,26,27). The van der Waals surface area contributed by atoms with Gasteiger partial charge in [-0.15, -0.1) is 0 Å². The maximum Gasteiger partial charge on any atom is 0.446 e. The molecule has 0 aliphatic rings. The molecule has 0 saturated carbocycles. The van der Waals surface area contributed by atoms with Crippen molar-refractivity contribution in [3.05, 3.63) is 40.4 Å². The number of alkyl halides is 3. The van der Waals surface area contributed by atoms with Gasteiger partial charge in [0.2, 0.25) is 11.6 Å². The lowest BCUT2D eigenvalue weighted by atomic mass is 10.2. The molecular formula is C14H14F3N7O5S. The van der Waals surface area contributed by atoms with Crippen LogP contribution in [0.5, 0.6) is 0 Å². The number of nitrogens with zero attached hydrogens (tertiary/aromatic N) is 4. The summed E-state index contributed by atoms with van der Waals surface area (Å²) in [6.07, 6.45) is -4.33. The van der Waals surface area contributed by atoms with E-state index < -0.39 is 27.7 Å². The van der Waals surface area contributed by atoms with E-state index in [1.54, 1.807) is 0 Å². The van der Waals surface area contributed by atoms with Crippen LogP contribution in [-0.2, 0) is 16.4 Å². The van der Waals surface area contributed by atoms with Crippen LogP contribution < -0.4 is 20.9 Å². The number of halogens is 3. The highest BCUT2D eigenvalue weighted by atomic mass is 32.2. The molecule has 0 spiro atoms. The molecule has 2 heterocycles. The zero-order valence-electron chi connectivity index (χ0n) is 14.9. The van der Waals surface area contributed by atoms with Gasteiger partial charge in [-0.25, -0.2) is 23.9 Å². The van der Waals surface area contributed by atoms with Crippen molar-refractivity contribution in [2.24, 2.45) is 5.14 Å². The van der Waals surface area contributed by atoms with Crippen LogP contribution in [0.2, 0.25) is 0 Å². The van der Waals surface area contributed by atoms with Gasteiger partial charge >= 0.3 is 11.9 Å². The molecule has 3 aromatic rings. The van der Waals surface area contributed by atoms with Crippen molar-refractivity contribution in [3.8, 4) is 17.2 Å². The average Bonchev–Trinajstić information content (AvgIpc) is 3.26. The Morgan fingerprint density at radius 1 is 1.17 bits per heavy atom. The second-order valence-electron chi connectivity index (χ2n) is 5.84. The van der Waals surface area contributed by atoms with E-state index in [1.165, 1.54) is 6.07 Å². The molecule has 0 unspecified atom stereocenters. The second kappa shape index (κ2) is 8.25. The lowest BCUT2D eigenvalue weighted by Gasteiger charge is -2.09. The summed E-state index contributed by atoms with van der Waals surface area (Å²) >= 11 is 0. The van der Waals surface area contributed by atoms with Gasteiger partial charge in [-0.1, -0.05) is 11.2 Å². The van der Waals surface area contributed by atoms with Gasteiger partial charge in [-0.2, -0.15) is 21.6 Å². The number of hydrogen-bond acceptors (Lipinski definition) is 9. The third kappa shape index (κ3) is 5.02. The zero-order chi connectivity index (χ0) is 21.9. The highest BCUT2D eigenvalue weighted by Crippen LogP contribution is 2.31. The van der Waals surface area contributed by atoms with E-state index in [4.69, 9.17) is 5.14 Å². The van der Waals surface area contributed by atoms with Gasteiger partial charge in [0, 0.05) is 13.1 Å². The van der Waals surface area contributed by atoms with Gasteiger partial charge in [-0.05, 0) is 34.9 Å². The summed E-state index contributed by atoms with van der Waals surface area (Å²) < 4.78 is 72.7. The number of aromatic nitrogens is 4. The quantitative estimate of drug-likeness (QED) is 0.414. The summed E-state index contributed by atoms with van der Waals surface area (Å²) in [5.41, 5.74) is -1.23. The average molecular weight is 449 g/mol. The van der Waals surface area contributed by atoms with Crippen LogP contribution in [-0.4, -0.2) is 41.5 Å². The number of anilines is 1. The summed E-state index contributed by atoms with van der Waals surface area (Å²) in [4.78, 5) is 12.1. The first-order valence-corrected chi connectivity index (χ1v) is 9.71. The fourth-order valence-corrected chi connectivity index (χ4v) is 2.84. The van der Waals surface area contributed by atoms with E-state index in [9.17, 15) is 26.4 Å². The molecule has 0 amide bonds.